The number of hydrogen-bond acceptors (Lipinski definition) is 4. The van der Waals surface area contributed by atoms with Crippen LogP contribution in [0.4, 0.5) is 0 Å². The maximum absolute atomic E-state index is 5.78. The zero-order chi connectivity index (χ0) is 11.4. The lowest BCUT2D eigenvalue weighted by molar-refractivity contribution is 0.0350. The van der Waals surface area contributed by atoms with Gasteiger partial charge in [-0.25, -0.2) is 0 Å². The van der Waals surface area contributed by atoms with E-state index in [1.54, 1.807) is 7.11 Å². The van der Waals surface area contributed by atoms with E-state index in [1.807, 2.05) is 0 Å². The molecule has 0 aromatic heterocycles. The second-order valence-corrected chi connectivity index (χ2v) is 3.58. The second-order valence-electron chi connectivity index (χ2n) is 3.58. The summed E-state index contributed by atoms with van der Waals surface area (Å²) >= 11 is 0. The molecule has 0 aliphatic carbocycles. The molecule has 1 atom stereocenters. The molecule has 15 heavy (non-hydrogen) atoms. The van der Waals surface area contributed by atoms with Crippen LogP contribution in [-0.4, -0.2) is 46.2 Å². The highest BCUT2D eigenvalue weighted by Crippen LogP contribution is 1.93. The normalized spacial score (nSPS) is 13.0. The second kappa shape index (κ2) is 11.9. The lowest BCUT2D eigenvalue weighted by Gasteiger charge is -2.10. The molecule has 4 nitrogen and oxygen atoms in total. The van der Waals surface area contributed by atoms with E-state index in [0.29, 0.717) is 19.8 Å². The van der Waals surface area contributed by atoms with Crippen LogP contribution >= 0.6 is 0 Å². The maximum Gasteiger partial charge on any atom is 0.0701 e. The van der Waals surface area contributed by atoms with Crippen molar-refractivity contribution in [2.24, 2.45) is 5.73 Å². The average molecular weight is 219 g/mol. The summed E-state index contributed by atoms with van der Waals surface area (Å²) in [5.74, 6) is 0. The highest BCUT2D eigenvalue weighted by molar-refractivity contribution is 4.57. The van der Waals surface area contributed by atoms with Crippen molar-refractivity contribution in [1.82, 2.24) is 0 Å². The minimum atomic E-state index is 0.170. The third-order valence-corrected chi connectivity index (χ3v) is 2.00. The zero-order valence-electron chi connectivity index (χ0n) is 10.0. The summed E-state index contributed by atoms with van der Waals surface area (Å²) in [5, 5.41) is 0. The lowest BCUT2D eigenvalue weighted by Crippen LogP contribution is -2.26. The molecule has 0 aromatic carbocycles. The summed E-state index contributed by atoms with van der Waals surface area (Å²) in [4.78, 5) is 0. The van der Waals surface area contributed by atoms with Gasteiger partial charge in [-0.05, 0) is 12.8 Å². The van der Waals surface area contributed by atoms with E-state index in [0.717, 1.165) is 32.5 Å². The third-order valence-electron chi connectivity index (χ3n) is 2.00. The van der Waals surface area contributed by atoms with Gasteiger partial charge >= 0.3 is 0 Å². The smallest absolute Gasteiger partial charge is 0.0701 e. The van der Waals surface area contributed by atoms with Gasteiger partial charge in [-0.15, -0.1) is 0 Å². The fourth-order valence-electron chi connectivity index (χ4n) is 1.21. The van der Waals surface area contributed by atoms with Crippen LogP contribution in [0.5, 0.6) is 0 Å². The van der Waals surface area contributed by atoms with E-state index in [4.69, 9.17) is 19.9 Å². The molecule has 0 bridgehead atoms. The fraction of sp³-hybridized carbons (Fsp3) is 1.00. The zero-order valence-corrected chi connectivity index (χ0v) is 10.0. The molecule has 0 aliphatic rings. The Kier molecular flexibility index (Phi) is 11.8. The van der Waals surface area contributed by atoms with Crippen molar-refractivity contribution < 1.29 is 14.2 Å². The quantitative estimate of drug-likeness (QED) is 0.530. The van der Waals surface area contributed by atoms with E-state index < -0.39 is 0 Å². The molecule has 92 valence electrons. The number of nitrogens with two attached hydrogens (primary N) is 1. The number of hydrogen-bond donors (Lipinski definition) is 1. The van der Waals surface area contributed by atoms with Gasteiger partial charge in [0.2, 0.25) is 0 Å². The van der Waals surface area contributed by atoms with Crippen molar-refractivity contribution in [2.75, 3.05) is 40.1 Å². The van der Waals surface area contributed by atoms with Crippen LogP contribution in [0.15, 0.2) is 0 Å². The van der Waals surface area contributed by atoms with Crippen molar-refractivity contribution >= 4 is 0 Å². The van der Waals surface area contributed by atoms with Crippen LogP contribution in [0.1, 0.15) is 26.2 Å². The first-order valence-corrected chi connectivity index (χ1v) is 5.71. The van der Waals surface area contributed by atoms with Gasteiger partial charge in [0.25, 0.3) is 0 Å². The van der Waals surface area contributed by atoms with Gasteiger partial charge in [-0.1, -0.05) is 13.3 Å². The highest BCUT2D eigenvalue weighted by atomic mass is 16.5. The minimum absolute atomic E-state index is 0.170. The summed E-state index contributed by atoms with van der Waals surface area (Å²) < 4.78 is 15.6. The molecule has 0 radical (unpaired) electrons. The molecule has 0 rings (SSSR count). The van der Waals surface area contributed by atoms with Gasteiger partial charge in [0.1, 0.15) is 0 Å². The Labute approximate surface area is 93.1 Å². The van der Waals surface area contributed by atoms with Crippen LogP contribution < -0.4 is 5.73 Å². The number of methoxy groups -OCH3 is 1. The Morgan fingerprint density at radius 2 is 1.80 bits per heavy atom. The number of ether oxygens (including phenoxy) is 3. The summed E-state index contributed by atoms with van der Waals surface area (Å²) in [6.07, 6.45) is 3.07. The minimum Gasteiger partial charge on any atom is -0.385 e. The first-order valence-electron chi connectivity index (χ1n) is 5.71. The molecule has 0 amide bonds. The SMILES string of the molecule is CCCC(N)COCCOCCCOC. The van der Waals surface area contributed by atoms with Gasteiger partial charge in [0, 0.05) is 26.4 Å². The van der Waals surface area contributed by atoms with Crippen molar-refractivity contribution in [1.29, 1.82) is 0 Å². The van der Waals surface area contributed by atoms with Crippen LogP contribution in [0.3, 0.4) is 0 Å². The molecule has 0 saturated carbocycles. The molecule has 0 spiro atoms. The Hall–Kier alpha value is -0.160. The molecule has 0 aliphatic heterocycles. The van der Waals surface area contributed by atoms with Crippen molar-refractivity contribution in [2.45, 2.75) is 32.2 Å². The molecule has 0 saturated heterocycles. The third kappa shape index (κ3) is 11.8. The van der Waals surface area contributed by atoms with Gasteiger partial charge in [0.05, 0.1) is 19.8 Å². The van der Waals surface area contributed by atoms with E-state index in [-0.39, 0.29) is 6.04 Å². The highest BCUT2D eigenvalue weighted by Gasteiger charge is 1.99. The number of rotatable bonds is 11. The van der Waals surface area contributed by atoms with Crippen LogP contribution in [0.25, 0.3) is 0 Å². The van der Waals surface area contributed by atoms with E-state index >= 15 is 0 Å². The topological polar surface area (TPSA) is 53.7 Å². The fourth-order valence-corrected chi connectivity index (χ4v) is 1.21. The summed E-state index contributed by atoms with van der Waals surface area (Å²) in [7, 11) is 1.69. The predicted molar refractivity (Wildman–Crippen MR) is 61.0 cm³/mol. The van der Waals surface area contributed by atoms with Gasteiger partial charge < -0.3 is 19.9 Å². The Balaban J connectivity index is 2.98. The Morgan fingerprint density at radius 3 is 2.47 bits per heavy atom. The van der Waals surface area contributed by atoms with Crippen molar-refractivity contribution in [3.63, 3.8) is 0 Å². The van der Waals surface area contributed by atoms with Crippen molar-refractivity contribution in [3.8, 4) is 0 Å². The predicted octanol–water partition coefficient (Wildman–Crippen LogP) is 1.18. The lowest BCUT2D eigenvalue weighted by atomic mass is 10.2. The molecule has 0 aromatic rings. The van der Waals surface area contributed by atoms with E-state index in [2.05, 4.69) is 6.92 Å². The van der Waals surface area contributed by atoms with Crippen LogP contribution in [0.2, 0.25) is 0 Å². The monoisotopic (exact) mass is 219 g/mol. The molecule has 0 heterocycles. The van der Waals surface area contributed by atoms with Crippen molar-refractivity contribution in [3.05, 3.63) is 0 Å². The molecule has 0 fully saturated rings. The maximum atomic E-state index is 5.78. The van der Waals surface area contributed by atoms with Gasteiger partial charge in [-0.2, -0.15) is 0 Å². The van der Waals surface area contributed by atoms with E-state index in [9.17, 15) is 0 Å². The first-order chi connectivity index (χ1) is 7.31. The summed E-state index contributed by atoms with van der Waals surface area (Å²) in [6, 6.07) is 0.170. The first kappa shape index (κ1) is 14.8. The summed E-state index contributed by atoms with van der Waals surface area (Å²) in [6.45, 7) is 5.52. The molecular weight excluding hydrogens is 194 g/mol. The largest absolute Gasteiger partial charge is 0.385 e. The Morgan fingerprint density at radius 1 is 1.07 bits per heavy atom. The summed E-state index contributed by atoms with van der Waals surface area (Å²) in [5.41, 5.74) is 5.78. The molecule has 2 N–H and O–H groups in total. The standard InChI is InChI=1S/C11H25NO3/c1-3-5-11(12)10-15-9-8-14-7-4-6-13-2/h11H,3-10,12H2,1-2H3. The Bertz CT molecular complexity index is 122. The average Bonchev–Trinajstić information content (AvgIpc) is 2.22. The molecule has 1 unspecified atom stereocenters. The van der Waals surface area contributed by atoms with Crippen LogP contribution in [0, 0.1) is 0 Å². The van der Waals surface area contributed by atoms with Gasteiger partial charge in [0.15, 0.2) is 0 Å². The molecular formula is C11H25NO3. The van der Waals surface area contributed by atoms with Crippen LogP contribution in [-0.2, 0) is 14.2 Å². The molecule has 4 heteroatoms. The van der Waals surface area contributed by atoms with E-state index in [1.165, 1.54) is 0 Å². The van der Waals surface area contributed by atoms with Gasteiger partial charge in [-0.3, -0.25) is 0 Å².